The average Bonchev–Trinajstić information content (AvgIpc) is 2.58. The first-order chi connectivity index (χ1) is 10.8. The Morgan fingerprint density at radius 2 is 1.64 bits per heavy atom. The first-order valence-corrected chi connectivity index (χ1v) is 7.99. The third kappa shape index (κ3) is 5.24. The molecular weight excluding hydrogens is 270 g/mol. The first kappa shape index (κ1) is 16.1. The van der Waals surface area contributed by atoms with Crippen LogP contribution in [0.15, 0.2) is 59.7 Å². The fourth-order valence-electron chi connectivity index (χ4n) is 2.16. The molecule has 2 rings (SSSR count). The van der Waals surface area contributed by atoms with Crippen LogP contribution in [0.2, 0.25) is 0 Å². The van der Waals surface area contributed by atoms with Gasteiger partial charge in [-0.15, -0.1) is 0 Å². The van der Waals surface area contributed by atoms with Crippen molar-refractivity contribution < 1.29 is 0 Å². The summed E-state index contributed by atoms with van der Waals surface area (Å²) in [6, 6.07) is 18.4. The Bertz CT molecular complexity index is 573. The fourth-order valence-corrected chi connectivity index (χ4v) is 2.16. The summed E-state index contributed by atoms with van der Waals surface area (Å²) in [6.07, 6.45) is 3.76. The Hall–Kier alpha value is -2.29. The number of hydrogen-bond acceptors (Lipinski definition) is 3. The second-order valence-corrected chi connectivity index (χ2v) is 5.39. The van der Waals surface area contributed by atoms with Gasteiger partial charge in [-0.3, -0.25) is 5.43 Å². The van der Waals surface area contributed by atoms with Crippen molar-refractivity contribution >= 4 is 17.1 Å². The predicted molar refractivity (Wildman–Crippen MR) is 96.7 cm³/mol. The van der Waals surface area contributed by atoms with Crippen LogP contribution in [0, 0.1) is 0 Å². The van der Waals surface area contributed by atoms with Gasteiger partial charge in [-0.25, -0.2) is 0 Å². The van der Waals surface area contributed by atoms with Crippen molar-refractivity contribution in [2.24, 2.45) is 5.10 Å². The van der Waals surface area contributed by atoms with Crippen LogP contribution in [0.3, 0.4) is 0 Å². The van der Waals surface area contributed by atoms with Crippen molar-refractivity contribution in [3.05, 3.63) is 60.2 Å². The SMILES string of the molecule is CCCCCNc1ccc(C(C)=NNc2ccccc2)cc1. The molecule has 0 aromatic heterocycles. The van der Waals surface area contributed by atoms with E-state index in [0.29, 0.717) is 0 Å². The highest BCUT2D eigenvalue weighted by atomic mass is 15.3. The van der Waals surface area contributed by atoms with Gasteiger partial charge < -0.3 is 5.32 Å². The molecule has 0 aliphatic heterocycles. The maximum atomic E-state index is 4.43. The molecule has 116 valence electrons. The maximum absolute atomic E-state index is 4.43. The molecule has 2 N–H and O–H groups in total. The lowest BCUT2D eigenvalue weighted by atomic mass is 10.1. The van der Waals surface area contributed by atoms with Crippen molar-refractivity contribution in [2.45, 2.75) is 33.1 Å². The Kier molecular flexibility index (Phi) is 6.49. The molecule has 2 aromatic rings. The van der Waals surface area contributed by atoms with Gasteiger partial charge in [0, 0.05) is 12.2 Å². The third-order valence-electron chi connectivity index (χ3n) is 3.54. The van der Waals surface area contributed by atoms with Crippen molar-refractivity contribution in [3.63, 3.8) is 0 Å². The summed E-state index contributed by atoms with van der Waals surface area (Å²) in [7, 11) is 0. The fraction of sp³-hybridized carbons (Fsp3) is 0.316. The van der Waals surface area contributed by atoms with E-state index < -0.39 is 0 Å². The van der Waals surface area contributed by atoms with Gasteiger partial charge in [0.25, 0.3) is 0 Å². The highest BCUT2D eigenvalue weighted by Crippen LogP contribution is 2.12. The molecule has 3 nitrogen and oxygen atoms in total. The van der Waals surface area contributed by atoms with E-state index in [1.165, 1.54) is 24.9 Å². The van der Waals surface area contributed by atoms with Gasteiger partial charge in [0.15, 0.2) is 0 Å². The highest BCUT2D eigenvalue weighted by molar-refractivity contribution is 5.99. The summed E-state index contributed by atoms with van der Waals surface area (Å²) in [4.78, 5) is 0. The molecule has 0 aliphatic carbocycles. The van der Waals surface area contributed by atoms with E-state index in [4.69, 9.17) is 0 Å². The molecule has 0 amide bonds. The van der Waals surface area contributed by atoms with E-state index in [-0.39, 0.29) is 0 Å². The zero-order chi connectivity index (χ0) is 15.6. The van der Waals surface area contributed by atoms with E-state index in [2.05, 4.69) is 47.0 Å². The quantitative estimate of drug-likeness (QED) is 0.402. The zero-order valence-corrected chi connectivity index (χ0v) is 13.5. The lowest BCUT2D eigenvalue weighted by molar-refractivity contribution is 0.744. The summed E-state index contributed by atoms with van der Waals surface area (Å²) >= 11 is 0. The Labute approximate surface area is 133 Å². The number of anilines is 2. The minimum absolute atomic E-state index is 0.974. The summed E-state index contributed by atoms with van der Waals surface area (Å²) in [5.41, 5.74) is 7.35. The van der Waals surface area contributed by atoms with Crippen LogP contribution in [0.25, 0.3) is 0 Å². The second kappa shape index (κ2) is 8.88. The minimum atomic E-state index is 0.974. The number of rotatable bonds is 8. The van der Waals surface area contributed by atoms with Gasteiger partial charge in [-0.2, -0.15) is 5.10 Å². The summed E-state index contributed by atoms with van der Waals surface area (Å²) in [5, 5.41) is 7.88. The van der Waals surface area contributed by atoms with E-state index in [1.54, 1.807) is 0 Å². The number of unbranched alkanes of at least 4 members (excludes halogenated alkanes) is 2. The molecule has 0 bridgehead atoms. The van der Waals surface area contributed by atoms with Crippen LogP contribution in [-0.4, -0.2) is 12.3 Å². The Morgan fingerprint density at radius 3 is 2.32 bits per heavy atom. The minimum Gasteiger partial charge on any atom is -0.385 e. The van der Waals surface area contributed by atoms with Crippen LogP contribution in [0.1, 0.15) is 38.7 Å². The molecule has 0 unspecified atom stereocenters. The molecule has 0 saturated carbocycles. The van der Waals surface area contributed by atoms with Crippen molar-refractivity contribution in [1.29, 1.82) is 0 Å². The first-order valence-electron chi connectivity index (χ1n) is 7.99. The van der Waals surface area contributed by atoms with Gasteiger partial charge in [0.1, 0.15) is 0 Å². The molecule has 0 saturated heterocycles. The number of nitrogens with one attached hydrogen (secondary N) is 2. The van der Waals surface area contributed by atoms with E-state index in [1.807, 2.05) is 37.3 Å². The van der Waals surface area contributed by atoms with Crippen LogP contribution >= 0.6 is 0 Å². The van der Waals surface area contributed by atoms with Gasteiger partial charge in [0.05, 0.1) is 11.4 Å². The van der Waals surface area contributed by atoms with Crippen molar-refractivity contribution in [2.75, 3.05) is 17.3 Å². The summed E-state index contributed by atoms with van der Waals surface area (Å²) < 4.78 is 0. The molecule has 3 heteroatoms. The smallest absolute Gasteiger partial charge is 0.0648 e. The lowest BCUT2D eigenvalue weighted by Gasteiger charge is -2.07. The summed E-state index contributed by atoms with van der Waals surface area (Å²) in [5.74, 6) is 0. The molecule has 0 fully saturated rings. The van der Waals surface area contributed by atoms with Gasteiger partial charge in [0.2, 0.25) is 0 Å². The topological polar surface area (TPSA) is 36.4 Å². The van der Waals surface area contributed by atoms with Gasteiger partial charge in [-0.05, 0) is 43.2 Å². The maximum Gasteiger partial charge on any atom is 0.0648 e. The molecule has 22 heavy (non-hydrogen) atoms. The van der Waals surface area contributed by atoms with Crippen LogP contribution in [0.5, 0.6) is 0 Å². The van der Waals surface area contributed by atoms with Crippen LogP contribution < -0.4 is 10.7 Å². The number of para-hydroxylation sites is 1. The number of hydrogen-bond donors (Lipinski definition) is 2. The summed E-state index contributed by atoms with van der Waals surface area (Å²) in [6.45, 7) is 5.27. The van der Waals surface area contributed by atoms with Gasteiger partial charge in [-0.1, -0.05) is 50.1 Å². The van der Waals surface area contributed by atoms with Crippen LogP contribution in [-0.2, 0) is 0 Å². The van der Waals surface area contributed by atoms with E-state index in [9.17, 15) is 0 Å². The average molecular weight is 295 g/mol. The van der Waals surface area contributed by atoms with E-state index in [0.717, 1.165) is 23.5 Å². The molecule has 2 aromatic carbocycles. The van der Waals surface area contributed by atoms with Crippen molar-refractivity contribution in [1.82, 2.24) is 0 Å². The van der Waals surface area contributed by atoms with Crippen molar-refractivity contribution in [3.8, 4) is 0 Å². The van der Waals surface area contributed by atoms with Gasteiger partial charge >= 0.3 is 0 Å². The molecular formula is C19H25N3. The number of hydrazone groups is 1. The molecule has 0 radical (unpaired) electrons. The second-order valence-electron chi connectivity index (χ2n) is 5.39. The molecule has 0 atom stereocenters. The molecule has 0 heterocycles. The standard InChI is InChI=1S/C19H25N3/c1-3-4-8-15-20-18-13-11-17(12-14-18)16(2)21-22-19-9-6-5-7-10-19/h5-7,9-14,20,22H,3-4,8,15H2,1-2H3. The Balaban J connectivity index is 1.89. The van der Waals surface area contributed by atoms with Crippen LogP contribution in [0.4, 0.5) is 11.4 Å². The molecule has 0 aliphatic rings. The van der Waals surface area contributed by atoms with E-state index >= 15 is 0 Å². The number of benzene rings is 2. The predicted octanol–water partition coefficient (Wildman–Crippen LogP) is 5.12. The number of nitrogens with zero attached hydrogens (tertiary/aromatic N) is 1. The zero-order valence-electron chi connectivity index (χ0n) is 13.5. The normalized spacial score (nSPS) is 11.3. The highest BCUT2D eigenvalue weighted by Gasteiger charge is 1.98. The third-order valence-corrected chi connectivity index (χ3v) is 3.54. The Morgan fingerprint density at radius 1 is 0.909 bits per heavy atom. The largest absolute Gasteiger partial charge is 0.385 e. The molecule has 0 spiro atoms. The monoisotopic (exact) mass is 295 g/mol. The lowest BCUT2D eigenvalue weighted by Crippen LogP contribution is -2.03.